The standard InChI is InChI=1S/2C12H13.2ClH.Zr/c2*1-3-10-8-9(2)11-6-4-5-7-12(10)11;;;/h2*4-8H,3H2,1-2H3;2*1H;/q;;;;+2/p-2. The molecule has 2 aromatic carbocycles. The smallest absolute Gasteiger partial charge is 1.00 e. The van der Waals surface area contributed by atoms with Gasteiger partial charge in [0, 0.05) is 0 Å². The first-order valence-corrected chi connectivity index (χ1v) is 11.9. The van der Waals surface area contributed by atoms with E-state index in [0.29, 0.717) is 6.25 Å². The van der Waals surface area contributed by atoms with Gasteiger partial charge in [0.2, 0.25) is 0 Å². The summed E-state index contributed by atoms with van der Waals surface area (Å²) in [7, 11) is 0. The number of allylic oxidation sites excluding steroid dienone is 4. The van der Waals surface area contributed by atoms with E-state index < -0.39 is 23.2 Å². The van der Waals surface area contributed by atoms with Crippen LogP contribution in [0.1, 0.15) is 62.8 Å². The Morgan fingerprint density at radius 3 is 1.41 bits per heavy atom. The maximum atomic E-state index is 2.63. The molecular weight excluding hydrogens is 450 g/mol. The van der Waals surface area contributed by atoms with Gasteiger partial charge >= 0.3 is 164 Å². The third kappa shape index (κ3) is 3.45. The van der Waals surface area contributed by atoms with Crippen LogP contribution in [0.2, 0.25) is 0 Å². The molecule has 3 heteroatoms. The maximum absolute atomic E-state index is 2.63. The minimum atomic E-state index is -0.852. The normalized spacial score (nSPS) is 24.6. The van der Waals surface area contributed by atoms with Crippen LogP contribution in [0.5, 0.6) is 0 Å². The average Bonchev–Trinajstić information content (AvgIpc) is 3.09. The van der Waals surface area contributed by atoms with Gasteiger partial charge in [-0.3, -0.25) is 0 Å². The van der Waals surface area contributed by atoms with Crippen LogP contribution in [0.4, 0.5) is 0 Å². The molecule has 0 amide bonds. The molecule has 2 aliphatic carbocycles. The fourth-order valence-corrected chi connectivity index (χ4v) is 10.8. The molecule has 27 heavy (non-hydrogen) atoms. The molecule has 2 aliphatic rings. The van der Waals surface area contributed by atoms with Crippen LogP contribution in [0.25, 0.3) is 11.1 Å². The fraction of sp³-hybridized carbons (Fsp3) is 0.333. The molecule has 0 heterocycles. The second kappa shape index (κ2) is 8.40. The van der Waals surface area contributed by atoms with Crippen LogP contribution in [0.15, 0.2) is 60.7 Å². The Balaban J connectivity index is 0.00000131. The minimum Gasteiger partial charge on any atom is -1.00 e. The molecule has 0 N–H and O–H groups in total. The van der Waals surface area contributed by atoms with Gasteiger partial charge in [-0.05, 0) is 0 Å². The summed E-state index contributed by atoms with van der Waals surface area (Å²) in [6.07, 6.45) is 7.71. The van der Waals surface area contributed by atoms with Crippen molar-refractivity contribution in [2.24, 2.45) is 0 Å². The summed E-state index contributed by atoms with van der Waals surface area (Å²) in [5, 5.41) is 0. The SMILES string of the molecule is CC[C]1([Zr+2][C]2(CC)C=C(C)c3ccccc32)C=C(C)c2ccccc21.[Cl-].[Cl-]. The van der Waals surface area contributed by atoms with Gasteiger partial charge in [-0.25, -0.2) is 0 Å². The Morgan fingerprint density at radius 1 is 0.667 bits per heavy atom. The molecule has 2 aromatic rings. The van der Waals surface area contributed by atoms with Crippen molar-refractivity contribution in [2.75, 3.05) is 0 Å². The third-order valence-electron chi connectivity index (χ3n) is 6.15. The van der Waals surface area contributed by atoms with E-state index in [1.807, 2.05) is 0 Å². The number of hydrogen-bond donors (Lipinski definition) is 0. The molecule has 0 fully saturated rings. The van der Waals surface area contributed by atoms with Gasteiger partial charge in [-0.15, -0.1) is 0 Å². The first-order chi connectivity index (χ1) is 12.1. The van der Waals surface area contributed by atoms with E-state index in [9.17, 15) is 0 Å². The van der Waals surface area contributed by atoms with Crippen LogP contribution in [0, 0.1) is 0 Å². The number of halogens is 2. The van der Waals surface area contributed by atoms with Crippen LogP contribution in [0.3, 0.4) is 0 Å². The summed E-state index contributed by atoms with van der Waals surface area (Å²) in [5.41, 5.74) is 9.15. The molecule has 0 saturated heterocycles. The largest absolute Gasteiger partial charge is 1.00 e. The predicted octanol–water partition coefficient (Wildman–Crippen LogP) is 0.522. The van der Waals surface area contributed by atoms with Crippen molar-refractivity contribution in [1.29, 1.82) is 0 Å². The quantitative estimate of drug-likeness (QED) is 0.604. The first kappa shape index (κ1) is 22.7. The summed E-state index contributed by atoms with van der Waals surface area (Å²) >= 11 is -0.852. The van der Waals surface area contributed by atoms with Gasteiger partial charge in [-0.2, -0.15) is 0 Å². The topological polar surface area (TPSA) is 0 Å². The van der Waals surface area contributed by atoms with Gasteiger partial charge < -0.3 is 24.8 Å². The van der Waals surface area contributed by atoms with Crippen molar-refractivity contribution in [3.05, 3.63) is 82.9 Å². The molecule has 0 saturated carbocycles. The number of fused-ring (bicyclic) bond motifs is 2. The monoisotopic (exact) mass is 474 g/mol. The molecule has 2 atom stereocenters. The van der Waals surface area contributed by atoms with E-state index in [1.54, 1.807) is 11.1 Å². The summed E-state index contributed by atoms with van der Waals surface area (Å²) in [6, 6.07) is 18.3. The van der Waals surface area contributed by atoms with Gasteiger partial charge in [0.25, 0.3) is 0 Å². The van der Waals surface area contributed by atoms with Crippen molar-refractivity contribution in [3.8, 4) is 0 Å². The van der Waals surface area contributed by atoms with E-state index in [2.05, 4.69) is 88.4 Å². The Morgan fingerprint density at radius 2 is 1.04 bits per heavy atom. The zero-order valence-corrected chi connectivity index (χ0v) is 20.4. The average molecular weight is 477 g/mol. The zero-order valence-electron chi connectivity index (χ0n) is 16.4. The van der Waals surface area contributed by atoms with E-state index in [-0.39, 0.29) is 24.8 Å². The molecule has 0 radical (unpaired) electrons. The molecule has 140 valence electrons. The Kier molecular flexibility index (Phi) is 7.05. The van der Waals surface area contributed by atoms with E-state index in [4.69, 9.17) is 0 Å². The van der Waals surface area contributed by atoms with Crippen LogP contribution >= 0.6 is 0 Å². The van der Waals surface area contributed by atoms with Crippen molar-refractivity contribution >= 4 is 11.1 Å². The van der Waals surface area contributed by atoms with Crippen LogP contribution < -0.4 is 24.8 Å². The second-order valence-corrected chi connectivity index (χ2v) is 12.5. The Labute approximate surface area is 187 Å². The van der Waals surface area contributed by atoms with Crippen molar-refractivity contribution in [2.45, 2.75) is 46.8 Å². The maximum Gasteiger partial charge on any atom is -1.00 e. The van der Waals surface area contributed by atoms with Crippen molar-refractivity contribution < 1.29 is 48.0 Å². The Hall–Kier alpha value is -0.617. The molecule has 0 nitrogen and oxygen atoms in total. The molecule has 4 rings (SSSR count). The molecule has 2 unspecified atom stereocenters. The number of benzene rings is 2. The molecule has 0 bridgehead atoms. The predicted molar refractivity (Wildman–Crippen MR) is 104 cm³/mol. The summed E-state index contributed by atoms with van der Waals surface area (Å²) < 4.78 is 0.628. The summed E-state index contributed by atoms with van der Waals surface area (Å²) in [5.74, 6) is 0. The molecule has 0 aliphatic heterocycles. The van der Waals surface area contributed by atoms with Gasteiger partial charge in [-0.1, -0.05) is 0 Å². The van der Waals surface area contributed by atoms with Crippen molar-refractivity contribution in [1.82, 2.24) is 0 Å². The van der Waals surface area contributed by atoms with E-state index in [0.717, 1.165) is 0 Å². The van der Waals surface area contributed by atoms with Gasteiger partial charge in [0.15, 0.2) is 0 Å². The Bertz CT molecular complexity index is 825. The van der Waals surface area contributed by atoms with Gasteiger partial charge in [0.05, 0.1) is 0 Å². The van der Waals surface area contributed by atoms with E-state index in [1.165, 1.54) is 35.1 Å². The van der Waals surface area contributed by atoms with Crippen molar-refractivity contribution in [3.63, 3.8) is 0 Å². The van der Waals surface area contributed by atoms with Gasteiger partial charge in [0.1, 0.15) is 0 Å². The van der Waals surface area contributed by atoms with Crippen LogP contribution in [-0.4, -0.2) is 0 Å². The minimum absolute atomic E-state index is 0. The zero-order chi connectivity index (χ0) is 17.7. The van der Waals surface area contributed by atoms with E-state index >= 15 is 0 Å². The third-order valence-corrected chi connectivity index (χ3v) is 12.1. The molecule has 0 spiro atoms. The molecular formula is C24H26Cl2Zr. The second-order valence-electron chi connectivity index (χ2n) is 7.52. The van der Waals surface area contributed by atoms with Crippen LogP contribution in [-0.2, 0) is 29.5 Å². The first-order valence-electron chi connectivity index (χ1n) is 9.43. The summed E-state index contributed by atoms with van der Waals surface area (Å²) in [4.78, 5) is 0. The fourth-order valence-electron chi connectivity index (χ4n) is 4.85. The molecule has 0 aromatic heterocycles. The number of rotatable bonds is 4. The summed E-state index contributed by atoms with van der Waals surface area (Å²) in [6.45, 7) is 9.40. The number of hydrogen-bond acceptors (Lipinski definition) is 0.